The lowest BCUT2D eigenvalue weighted by Gasteiger charge is -2.29. The molecule has 28 heavy (non-hydrogen) atoms. The maximum absolute atomic E-state index is 14.1. The lowest BCUT2D eigenvalue weighted by molar-refractivity contribution is -0.121. The maximum Gasteiger partial charge on any atom is 0.421 e. The Morgan fingerprint density at radius 3 is 2.32 bits per heavy atom. The first kappa shape index (κ1) is 19.7. The summed E-state index contributed by atoms with van der Waals surface area (Å²) < 4.78 is 33.0. The molecule has 0 spiro atoms. The largest absolute Gasteiger partial charge is 0.443 e. The summed E-state index contributed by atoms with van der Waals surface area (Å²) in [5.41, 5.74) is -1.22. The van der Waals surface area contributed by atoms with E-state index >= 15 is 0 Å². The monoisotopic (exact) mass is 385 g/mol. The fourth-order valence-electron chi connectivity index (χ4n) is 3.49. The van der Waals surface area contributed by atoms with Gasteiger partial charge in [0.25, 0.3) is 5.91 Å². The summed E-state index contributed by atoms with van der Waals surface area (Å²) >= 11 is 0. The zero-order valence-corrected chi connectivity index (χ0v) is 16.0. The van der Waals surface area contributed by atoms with Gasteiger partial charge in [-0.2, -0.15) is 0 Å². The van der Waals surface area contributed by atoms with Gasteiger partial charge in [0.1, 0.15) is 22.7 Å². The summed E-state index contributed by atoms with van der Waals surface area (Å²) in [6.07, 6.45) is 0.778. The Morgan fingerprint density at radius 2 is 1.75 bits per heavy atom. The van der Waals surface area contributed by atoms with E-state index in [0.29, 0.717) is 11.1 Å². The topological polar surface area (TPSA) is 46.6 Å². The molecule has 2 aromatic carbocycles. The number of carbonyl (C=O) groups excluding carboxylic acids is 2. The molecule has 0 aromatic heterocycles. The van der Waals surface area contributed by atoms with Gasteiger partial charge in [0.2, 0.25) is 0 Å². The molecule has 0 bridgehead atoms. The number of rotatable bonds is 3. The van der Waals surface area contributed by atoms with Crippen LogP contribution in [0.2, 0.25) is 0 Å². The van der Waals surface area contributed by atoms with Crippen LogP contribution in [-0.4, -0.2) is 17.6 Å². The number of fused-ring (bicyclic) bond motifs is 1. The summed E-state index contributed by atoms with van der Waals surface area (Å²) in [6, 6.07) is 9.16. The number of hydrogen-bond donors (Lipinski definition) is 0. The summed E-state index contributed by atoms with van der Waals surface area (Å²) in [4.78, 5) is 27.3. The van der Waals surface area contributed by atoms with Crippen molar-refractivity contribution >= 4 is 17.7 Å². The molecule has 1 atom stereocenters. The van der Waals surface area contributed by atoms with Crippen LogP contribution in [0.4, 0.5) is 19.3 Å². The Morgan fingerprint density at radius 1 is 1.14 bits per heavy atom. The standard InChI is InChI=1S/C22H21F2NO3/c1-5-12-22(14-6-8-15(23)9-7-14)17-13-16(24)10-11-18(17)25(19(22)26)20(27)28-21(2,3)4/h5-11,13H,1,12H2,2-4H3/t22-/m1/s1. The van der Waals surface area contributed by atoms with Gasteiger partial charge in [0.05, 0.1) is 5.69 Å². The number of imide groups is 1. The molecule has 1 aliphatic heterocycles. The zero-order chi connectivity index (χ0) is 20.7. The molecular weight excluding hydrogens is 364 g/mol. The van der Waals surface area contributed by atoms with Gasteiger partial charge in [-0.3, -0.25) is 4.79 Å². The normalized spacial score (nSPS) is 18.8. The Labute approximate surface area is 162 Å². The number of nitrogens with zero attached hydrogens (tertiary/aromatic N) is 1. The summed E-state index contributed by atoms with van der Waals surface area (Å²) in [5.74, 6) is -1.60. The number of benzene rings is 2. The summed E-state index contributed by atoms with van der Waals surface area (Å²) in [6.45, 7) is 8.78. The van der Waals surface area contributed by atoms with Crippen LogP contribution in [0, 0.1) is 11.6 Å². The van der Waals surface area contributed by atoms with E-state index in [-0.39, 0.29) is 12.1 Å². The van der Waals surface area contributed by atoms with Crippen molar-refractivity contribution in [3.63, 3.8) is 0 Å². The van der Waals surface area contributed by atoms with E-state index in [1.165, 1.54) is 48.5 Å². The number of hydrogen-bond acceptors (Lipinski definition) is 3. The molecule has 0 radical (unpaired) electrons. The van der Waals surface area contributed by atoms with E-state index in [1.807, 2.05) is 0 Å². The number of allylic oxidation sites excluding steroid dienone is 1. The van der Waals surface area contributed by atoms with E-state index in [1.54, 1.807) is 20.8 Å². The third-order valence-corrected chi connectivity index (χ3v) is 4.59. The zero-order valence-electron chi connectivity index (χ0n) is 16.0. The number of carbonyl (C=O) groups is 2. The Kier molecular flexibility index (Phi) is 4.83. The van der Waals surface area contributed by atoms with Crippen LogP contribution < -0.4 is 4.90 Å². The molecule has 0 saturated heterocycles. The highest BCUT2D eigenvalue weighted by Gasteiger charge is 2.54. The molecule has 6 heteroatoms. The Bertz CT molecular complexity index is 947. The van der Waals surface area contributed by atoms with Gasteiger partial charge in [-0.1, -0.05) is 18.2 Å². The van der Waals surface area contributed by atoms with Crippen LogP contribution in [0.15, 0.2) is 55.1 Å². The van der Waals surface area contributed by atoms with Gasteiger partial charge < -0.3 is 4.74 Å². The lowest BCUT2D eigenvalue weighted by atomic mass is 9.73. The van der Waals surface area contributed by atoms with Crippen molar-refractivity contribution in [2.24, 2.45) is 0 Å². The predicted molar refractivity (Wildman–Crippen MR) is 102 cm³/mol. The van der Waals surface area contributed by atoms with Crippen LogP contribution in [0.25, 0.3) is 0 Å². The first-order valence-electron chi connectivity index (χ1n) is 8.84. The number of ether oxygens (including phenoxy) is 1. The van der Waals surface area contributed by atoms with Gasteiger partial charge >= 0.3 is 6.09 Å². The highest BCUT2D eigenvalue weighted by Crippen LogP contribution is 2.49. The average molecular weight is 385 g/mol. The summed E-state index contributed by atoms with van der Waals surface area (Å²) in [5, 5.41) is 0. The molecule has 0 fully saturated rings. The first-order valence-corrected chi connectivity index (χ1v) is 8.84. The smallest absolute Gasteiger partial charge is 0.421 e. The highest BCUT2D eigenvalue weighted by atomic mass is 19.1. The van der Waals surface area contributed by atoms with Gasteiger partial charge in [-0.05, 0) is 68.7 Å². The van der Waals surface area contributed by atoms with E-state index in [4.69, 9.17) is 4.74 Å². The number of amides is 2. The second kappa shape index (κ2) is 6.86. The first-order chi connectivity index (χ1) is 13.1. The van der Waals surface area contributed by atoms with E-state index < -0.39 is 34.7 Å². The highest BCUT2D eigenvalue weighted by molar-refractivity contribution is 6.22. The molecule has 0 unspecified atom stereocenters. The van der Waals surface area contributed by atoms with Crippen molar-refractivity contribution in [3.8, 4) is 0 Å². The SMILES string of the molecule is C=CC[C@]1(c2ccc(F)cc2)C(=O)N(C(=O)OC(C)(C)C)c2ccc(F)cc21. The molecule has 0 aliphatic carbocycles. The van der Waals surface area contributed by atoms with Gasteiger partial charge in [-0.15, -0.1) is 6.58 Å². The van der Waals surface area contributed by atoms with Crippen LogP contribution >= 0.6 is 0 Å². The third kappa shape index (κ3) is 3.19. The molecule has 1 aliphatic rings. The molecule has 3 rings (SSSR count). The minimum absolute atomic E-state index is 0.104. The Balaban J connectivity index is 2.25. The Hall–Kier alpha value is -3.02. The molecule has 0 N–H and O–H groups in total. The number of halogens is 2. The molecule has 1 heterocycles. The van der Waals surface area contributed by atoms with Crippen LogP contribution in [0.1, 0.15) is 38.3 Å². The molecule has 146 valence electrons. The molecular formula is C22H21F2NO3. The second-order valence-corrected chi connectivity index (χ2v) is 7.69. The van der Waals surface area contributed by atoms with Gasteiger partial charge in [-0.25, -0.2) is 18.5 Å². The van der Waals surface area contributed by atoms with Gasteiger partial charge in [0, 0.05) is 0 Å². The quantitative estimate of drug-likeness (QED) is 0.690. The fraction of sp³-hybridized carbons (Fsp3) is 0.273. The second-order valence-electron chi connectivity index (χ2n) is 7.69. The molecule has 2 aromatic rings. The van der Waals surface area contributed by atoms with Crippen molar-refractivity contribution < 1.29 is 23.1 Å². The van der Waals surface area contributed by atoms with E-state index in [0.717, 1.165) is 4.90 Å². The van der Waals surface area contributed by atoms with Crippen molar-refractivity contribution in [2.75, 3.05) is 4.90 Å². The van der Waals surface area contributed by atoms with Crippen LogP contribution in [-0.2, 0) is 14.9 Å². The molecule has 2 amide bonds. The van der Waals surface area contributed by atoms with Crippen molar-refractivity contribution in [3.05, 3.63) is 77.9 Å². The third-order valence-electron chi connectivity index (χ3n) is 4.59. The maximum atomic E-state index is 14.1. The van der Waals surface area contributed by atoms with Crippen molar-refractivity contribution in [1.29, 1.82) is 0 Å². The minimum Gasteiger partial charge on any atom is -0.443 e. The lowest BCUT2D eigenvalue weighted by Crippen LogP contribution is -2.45. The number of anilines is 1. The van der Waals surface area contributed by atoms with E-state index in [2.05, 4.69) is 6.58 Å². The summed E-state index contributed by atoms with van der Waals surface area (Å²) in [7, 11) is 0. The fourth-order valence-corrected chi connectivity index (χ4v) is 3.49. The minimum atomic E-state index is -1.40. The predicted octanol–water partition coefficient (Wildman–Crippen LogP) is 5.11. The van der Waals surface area contributed by atoms with Crippen molar-refractivity contribution in [2.45, 2.75) is 38.2 Å². The van der Waals surface area contributed by atoms with Crippen molar-refractivity contribution in [1.82, 2.24) is 0 Å². The molecule has 0 saturated carbocycles. The van der Waals surface area contributed by atoms with E-state index in [9.17, 15) is 18.4 Å². The average Bonchev–Trinajstić information content (AvgIpc) is 2.83. The van der Waals surface area contributed by atoms with Gasteiger partial charge in [0.15, 0.2) is 0 Å². The van der Waals surface area contributed by atoms with Crippen LogP contribution in [0.3, 0.4) is 0 Å². The van der Waals surface area contributed by atoms with Crippen LogP contribution in [0.5, 0.6) is 0 Å². The molecule has 4 nitrogen and oxygen atoms in total.